The predicted molar refractivity (Wildman–Crippen MR) is 125 cm³/mol. The zero-order valence-corrected chi connectivity index (χ0v) is 19.2. The molecule has 0 bridgehead atoms. The first-order valence-electron chi connectivity index (χ1n) is 11.2. The van der Waals surface area contributed by atoms with Crippen LogP contribution < -0.4 is 5.32 Å². The molecule has 2 unspecified atom stereocenters. The molecule has 178 valence electrons. The van der Waals surface area contributed by atoms with Crippen LogP contribution in [-0.2, 0) is 14.3 Å². The number of dihydropyridines is 1. The second kappa shape index (κ2) is 8.94. The quantitative estimate of drug-likeness (QED) is 0.525. The van der Waals surface area contributed by atoms with Gasteiger partial charge < -0.3 is 10.1 Å². The summed E-state index contributed by atoms with van der Waals surface area (Å²) in [6.45, 7) is 1.77. The smallest absolute Gasteiger partial charge is 0.336 e. The van der Waals surface area contributed by atoms with E-state index in [9.17, 15) is 18.4 Å². The van der Waals surface area contributed by atoms with Crippen molar-refractivity contribution in [1.29, 1.82) is 0 Å². The molecule has 6 nitrogen and oxygen atoms in total. The van der Waals surface area contributed by atoms with Crippen LogP contribution in [0.3, 0.4) is 0 Å². The van der Waals surface area contributed by atoms with Crippen LogP contribution >= 0.6 is 0 Å². The highest BCUT2D eigenvalue weighted by Crippen LogP contribution is 2.47. The van der Waals surface area contributed by atoms with Crippen molar-refractivity contribution < 1.29 is 23.1 Å². The molecule has 0 fully saturated rings. The zero-order valence-electron chi connectivity index (χ0n) is 19.2. The number of H-pyrrole nitrogens is 1. The van der Waals surface area contributed by atoms with Gasteiger partial charge in [-0.05, 0) is 61.2 Å². The van der Waals surface area contributed by atoms with Crippen LogP contribution in [0.5, 0.6) is 0 Å². The highest BCUT2D eigenvalue weighted by molar-refractivity contribution is 6.04. The molecule has 8 heteroatoms. The molecule has 2 aromatic carbocycles. The number of hydrogen-bond acceptors (Lipinski definition) is 5. The molecular formula is C27H23F2N3O3. The molecule has 0 radical (unpaired) electrons. The molecule has 2 atom stereocenters. The molecule has 0 amide bonds. The van der Waals surface area contributed by atoms with E-state index in [0.717, 1.165) is 11.3 Å². The average Bonchev–Trinajstić information content (AvgIpc) is 3.33. The number of esters is 1. The second-order valence-corrected chi connectivity index (χ2v) is 8.77. The van der Waals surface area contributed by atoms with Gasteiger partial charge in [0.15, 0.2) is 5.78 Å². The fraction of sp³-hybridized carbons (Fsp3) is 0.222. The first-order valence-corrected chi connectivity index (χ1v) is 11.2. The minimum atomic E-state index is -0.709. The Bertz CT molecular complexity index is 1370. The lowest BCUT2D eigenvalue weighted by Crippen LogP contribution is -2.36. The third kappa shape index (κ3) is 4.05. The van der Waals surface area contributed by atoms with Gasteiger partial charge in [-0.25, -0.2) is 13.6 Å². The Morgan fingerprint density at radius 2 is 1.69 bits per heavy atom. The third-order valence-corrected chi connectivity index (χ3v) is 6.69. The summed E-state index contributed by atoms with van der Waals surface area (Å²) in [6, 6.07) is 12.1. The Hall–Kier alpha value is -4.07. The summed E-state index contributed by atoms with van der Waals surface area (Å²) in [4.78, 5) is 26.5. The van der Waals surface area contributed by atoms with Crippen molar-refractivity contribution >= 4 is 11.8 Å². The van der Waals surface area contributed by atoms with E-state index >= 15 is 0 Å². The van der Waals surface area contributed by atoms with E-state index in [1.807, 2.05) is 0 Å². The topological polar surface area (TPSA) is 84.1 Å². The van der Waals surface area contributed by atoms with Crippen LogP contribution in [0.2, 0.25) is 0 Å². The minimum Gasteiger partial charge on any atom is -0.466 e. The van der Waals surface area contributed by atoms with E-state index in [-0.39, 0.29) is 29.8 Å². The Morgan fingerprint density at radius 1 is 1.03 bits per heavy atom. The number of aromatic nitrogens is 2. The van der Waals surface area contributed by atoms with Crippen molar-refractivity contribution in [2.45, 2.75) is 31.6 Å². The summed E-state index contributed by atoms with van der Waals surface area (Å²) in [5, 5.41) is 10.4. The summed E-state index contributed by atoms with van der Waals surface area (Å²) in [6.07, 6.45) is 2.34. The number of allylic oxidation sites excluding steroid dienone is 3. The summed E-state index contributed by atoms with van der Waals surface area (Å²) in [5.74, 6) is -2.20. The lowest BCUT2D eigenvalue weighted by atomic mass is 9.71. The number of Topliss-reactive ketones (excluding diaryl/α,β-unsaturated/α-hetero) is 1. The van der Waals surface area contributed by atoms with Gasteiger partial charge in [0, 0.05) is 34.5 Å². The van der Waals surface area contributed by atoms with Crippen LogP contribution in [0.1, 0.15) is 42.7 Å². The lowest BCUT2D eigenvalue weighted by Gasteiger charge is -2.36. The molecule has 0 spiro atoms. The summed E-state index contributed by atoms with van der Waals surface area (Å²) in [7, 11) is 1.30. The lowest BCUT2D eigenvalue weighted by molar-refractivity contribution is -0.136. The largest absolute Gasteiger partial charge is 0.466 e. The van der Waals surface area contributed by atoms with Crippen LogP contribution in [0.15, 0.2) is 77.3 Å². The molecule has 1 aliphatic carbocycles. The second-order valence-electron chi connectivity index (χ2n) is 8.77. The van der Waals surface area contributed by atoms with Crippen LogP contribution in [0.25, 0.3) is 11.3 Å². The fourth-order valence-electron chi connectivity index (χ4n) is 5.06. The van der Waals surface area contributed by atoms with E-state index in [0.29, 0.717) is 40.1 Å². The molecule has 2 N–H and O–H groups in total. The average molecular weight is 475 g/mol. The number of carbonyl (C=O) groups excluding carboxylic acids is 2. The number of benzene rings is 2. The normalized spacial score (nSPS) is 19.9. The monoisotopic (exact) mass is 475 g/mol. The minimum absolute atomic E-state index is 0.113. The summed E-state index contributed by atoms with van der Waals surface area (Å²) in [5.41, 5.74) is 4.87. The van der Waals surface area contributed by atoms with E-state index in [1.165, 1.54) is 31.4 Å². The maximum Gasteiger partial charge on any atom is 0.336 e. The summed E-state index contributed by atoms with van der Waals surface area (Å²) >= 11 is 0. The van der Waals surface area contributed by atoms with Crippen molar-refractivity contribution in [3.05, 3.63) is 100 Å². The van der Waals surface area contributed by atoms with Crippen molar-refractivity contribution in [1.82, 2.24) is 15.5 Å². The maximum absolute atomic E-state index is 13.6. The molecule has 35 heavy (non-hydrogen) atoms. The van der Waals surface area contributed by atoms with Gasteiger partial charge in [0.25, 0.3) is 0 Å². The van der Waals surface area contributed by atoms with Crippen molar-refractivity contribution in [3.8, 4) is 11.3 Å². The van der Waals surface area contributed by atoms with Crippen molar-refractivity contribution in [2.24, 2.45) is 0 Å². The molecule has 1 aromatic heterocycles. The van der Waals surface area contributed by atoms with Gasteiger partial charge in [-0.2, -0.15) is 5.10 Å². The van der Waals surface area contributed by atoms with Crippen LogP contribution in [-0.4, -0.2) is 29.1 Å². The van der Waals surface area contributed by atoms with Gasteiger partial charge in [-0.1, -0.05) is 12.1 Å². The van der Waals surface area contributed by atoms with Crippen LogP contribution in [0, 0.1) is 11.6 Å². The molecular weight excluding hydrogens is 452 g/mol. The molecule has 5 rings (SSSR count). The summed E-state index contributed by atoms with van der Waals surface area (Å²) < 4.78 is 32.1. The van der Waals surface area contributed by atoms with E-state index in [2.05, 4.69) is 15.5 Å². The Labute approximate surface area is 200 Å². The first kappa shape index (κ1) is 22.7. The van der Waals surface area contributed by atoms with Gasteiger partial charge in [-0.15, -0.1) is 0 Å². The van der Waals surface area contributed by atoms with Gasteiger partial charge in [0.2, 0.25) is 0 Å². The molecule has 1 aliphatic heterocycles. The fourth-order valence-corrected chi connectivity index (χ4v) is 5.06. The maximum atomic E-state index is 13.6. The van der Waals surface area contributed by atoms with E-state index in [1.54, 1.807) is 37.4 Å². The Kier molecular flexibility index (Phi) is 5.80. The number of halogens is 2. The van der Waals surface area contributed by atoms with Crippen molar-refractivity contribution in [3.63, 3.8) is 0 Å². The standard InChI is InChI=1S/C27H23F2N3O3/c1-14-23(27(34)35-2)24(20-13-30-32-26(20)16-5-9-19(29)10-6-16)25-21(31-14)11-17(12-22(25)33)15-3-7-18(28)8-4-15/h3-10,13,17,24,31H,11-12H2,1-2H3,(H,30,32). The van der Waals surface area contributed by atoms with Gasteiger partial charge in [0.05, 0.1) is 30.5 Å². The highest BCUT2D eigenvalue weighted by Gasteiger charge is 2.42. The predicted octanol–water partition coefficient (Wildman–Crippen LogP) is 4.89. The number of hydrogen-bond donors (Lipinski definition) is 2. The molecule has 2 heterocycles. The van der Waals surface area contributed by atoms with Crippen molar-refractivity contribution in [2.75, 3.05) is 7.11 Å². The number of aromatic amines is 1. The number of carbonyl (C=O) groups is 2. The molecule has 2 aliphatic rings. The first-order chi connectivity index (χ1) is 16.9. The van der Waals surface area contributed by atoms with Gasteiger partial charge in [0.1, 0.15) is 11.6 Å². The Morgan fingerprint density at radius 3 is 2.34 bits per heavy atom. The number of nitrogens with zero attached hydrogens (tertiary/aromatic N) is 1. The number of methoxy groups -OCH3 is 1. The van der Waals surface area contributed by atoms with E-state index in [4.69, 9.17) is 4.74 Å². The number of nitrogens with one attached hydrogen (secondary N) is 2. The van der Waals surface area contributed by atoms with Crippen LogP contribution in [0.4, 0.5) is 8.78 Å². The molecule has 0 saturated heterocycles. The number of ether oxygens (including phenoxy) is 1. The highest BCUT2D eigenvalue weighted by atomic mass is 19.1. The van der Waals surface area contributed by atoms with E-state index < -0.39 is 11.9 Å². The Balaban J connectivity index is 1.63. The third-order valence-electron chi connectivity index (χ3n) is 6.69. The number of ketones is 1. The molecule has 3 aromatic rings. The SMILES string of the molecule is COC(=O)C1=C(C)NC2=C(C(=O)CC(c3ccc(F)cc3)C2)C1c1cn[nH]c1-c1ccc(F)cc1. The molecule has 0 saturated carbocycles. The van der Waals surface area contributed by atoms with Gasteiger partial charge >= 0.3 is 5.97 Å². The zero-order chi connectivity index (χ0) is 24.7. The van der Waals surface area contributed by atoms with Gasteiger partial charge in [-0.3, -0.25) is 9.89 Å². The number of rotatable bonds is 4.